The summed E-state index contributed by atoms with van der Waals surface area (Å²) in [5, 5.41) is 5.06. The van der Waals surface area contributed by atoms with Crippen molar-refractivity contribution in [3.63, 3.8) is 0 Å². The molecular formula is C18H21N5. The number of aromatic nitrogens is 2. The number of hydrazine groups is 1. The molecule has 0 spiro atoms. The molecule has 118 valence electrons. The summed E-state index contributed by atoms with van der Waals surface area (Å²) in [6.07, 6.45) is 2.50. The highest BCUT2D eigenvalue weighted by atomic mass is 15.5. The summed E-state index contributed by atoms with van der Waals surface area (Å²) in [5.74, 6) is 7.49. The molecule has 2 aromatic carbocycles. The van der Waals surface area contributed by atoms with Gasteiger partial charge >= 0.3 is 0 Å². The lowest BCUT2D eigenvalue weighted by Gasteiger charge is -2.24. The molecule has 1 atom stereocenters. The van der Waals surface area contributed by atoms with Gasteiger partial charge in [-0.1, -0.05) is 24.3 Å². The maximum atomic E-state index is 6.24. The summed E-state index contributed by atoms with van der Waals surface area (Å²) in [7, 11) is 0. The normalized spacial score (nSPS) is 18.2. The number of anilines is 2. The maximum Gasteiger partial charge on any atom is 0.223 e. The zero-order valence-corrected chi connectivity index (χ0v) is 13.0. The van der Waals surface area contributed by atoms with Gasteiger partial charge in [0.1, 0.15) is 0 Å². The summed E-state index contributed by atoms with van der Waals surface area (Å²) < 4.78 is 0. The highest BCUT2D eigenvalue weighted by Gasteiger charge is 2.16. The largest absolute Gasteiger partial charge is 0.323 e. The van der Waals surface area contributed by atoms with Crippen LogP contribution in [-0.2, 0) is 0 Å². The molecule has 1 saturated heterocycles. The van der Waals surface area contributed by atoms with Crippen LogP contribution < -0.4 is 16.2 Å². The molecule has 0 bridgehead atoms. The van der Waals surface area contributed by atoms with Crippen molar-refractivity contribution in [1.29, 1.82) is 0 Å². The number of benzene rings is 2. The quantitative estimate of drug-likeness (QED) is 0.514. The molecule has 0 saturated carbocycles. The van der Waals surface area contributed by atoms with Crippen molar-refractivity contribution in [3.05, 3.63) is 54.1 Å². The van der Waals surface area contributed by atoms with Crippen LogP contribution in [0.4, 0.5) is 11.6 Å². The van der Waals surface area contributed by atoms with Gasteiger partial charge in [-0.25, -0.2) is 15.8 Å². The first-order valence-electron chi connectivity index (χ1n) is 8.11. The molecule has 4 N–H and O–H groups in total. The van der Waals surface area contributed by atoms with Crippen molar-refractivity contribution in [2.24, 2.45) is 5.84 Å². The van der Waals surface area contributed by atoms with Crippen molar-refractivity contribution < 1.29 is 0 Å². The molecule has 0 aliphatic carbocycles. The van der Waals surface area contributed by atoms with Crippen molar-refractivity contribution in [2.45, 2.75) is 18.8 Å². The van der Waals surface area contributed by atoms with E-state index in [0.717, 1.165) is 29.8 Å². The molecule has 1 unspecified atom stereocenters. The van der Waals surface area contributed by atoms with E-state index in [1.54, 1.807) is 5.01 Å². The number of aromatic amines is 1. The van der Waals surface area contributed by atoms with E-state index in [1.165, 1.54) is 18.4 Å². The lowest BCUT2D eigenvalue weighted by Crippen LogP contribution is -2.28. The van der Waals surface area contributed by atoms with Gasteiger partial charge in [0.25, 0.3) is 0 Å². The lowest BCUT2D eigenvalue weighted by atomic mass is 9.91. The second kappa shape index (κ2) is 6.02. The Bertz CT molecular complexity index is 754. The first-order valence-corrected chi connectivity index (χ1v) is 8.11. The van der Waals surface area contributed by atoms with E-state index in [0.29, 0.717) is 11.9 Å². The van der Waals surface area contributed by atoms with Crippen LogP contribution in [0.15, 0.2) is 48.5 Å². The van der Waals surface area contributed by atoms with Gasteiger partial charge in [-0.3, -0.25) is 0 Å². The Balaban J connectivity index is 1.56. The van der Waals surface area contributed by atoms with Crippen LogP contribution in [-0.4, -0.2) is 23.1 Å². The zero-order valence-electron chi connectivity index (χ0n) is 13.0. The third-order valence-electron chi connectivity index (χ3n) is 4.54. The number of fused-ring (bicyclic) bond motifs is 1. The van der Waals surface area contributed by atoms with Gasteiger partial charge in [0, 0.05) is 6.54 Å². The standard InChI is InChI=1S/C18H21N5/c19-23(18-21-16-5-1-2-6-17(16)22-18)15-9-7-13(8-10-15)14-4-3-11-20-12-14/h1-2,5-10,14,20H,3-4,11-12,19H2,(H,21,22). The van der Waals surface area contributed by atoms with E-state index < -0.39 is 0 Å². The van der Waals surface area contributed by atoms with Crippen LogP contribution in [0.1, 0.15) is 24.3 Å². The predicted molar refractivity (Wildman–Crippen MR) is 93.7 cm³/mol. The van der Waals surface area contributed by atoms with Crippen molar-refractivity contribution in [1.82, 2.24) is 15.3 Å². The van der Waals surface area contributed by atoms with Crippen LogP contribution in [0.2, 0.25) is 0 Å². The van der Waals surface area contributed by atoms with E-state index in [9.17, 15) is 0 Å². The van der Waals surface area contributed by atoms with Gasteiger partial charge < -0.3 is 10.3 Å². The Morgan fingerprint density at radius 1 is 1.09 bits per heavy atom. The minimum atomic E-state index is 0.607. The number of rotatable bonds is 3. The first kappa shape index (κ1) is 14.2. The molecule has 1 aliphatic heterocycles. The second-order valence-electron chi connectivity index (χ2n) is 6.08. The molecule has 1 aliphatic rings. The number of nitrogens with two attached hydrogens (primary N) is 1. The number of nitrogens with zero attached hydrogens (tertiary/aromatic N) is 2. The topological polar surface area (TPSA) is 70.0 Å². The summed E-state index contributed by atoms with van der Waals surface area (Å²) in [5.41, 5.74) is 4.21. The van der Waals surface area contributed by atoms with E-state index in [4.69, 9.17) is 5.84 Å². The number of para-hydroxylation sites is 2. The Morgan fingerprint density at radius 3 is 2.65 bits per heavy atom. The van der Waals surface area contributed by atoms with Crippen LogP contribution in [0, 0.1) is 0 Å². The van der Waals surface area contributed by atoms with Gasteiger partial charge in [-0.15, -0.1) is 0 Å². The van der Waals surface area contributed by atoms with Crippen molar-refractivity contribution >= 4 is 22.7 Å². The highest BCUT2D eigenvalue weighted by molar-refractivity contribution is 5.78. The molecule has 0 amide bonds. The first-order chi connectivity index (χ1) is 11.3. The van der Waals surface area contributed by atoms with Crippen LogP contribution in [0.25, 0.3) is 11.0 Å². The van der Waals surface area contributed by atoms with E-state index in [1.807, 2.05) is 24.3 Å². The number of H-pyrrole nitrogens is 1. The van der Waals surface area contributed by atoms with Gasteiger partial charge in [0.2, 0.25) is 5.95 Å². The van der Waals surface area contributed by atoms with Gasteiger partial charge in [0.05, 0.1) is 16.7 Å². The number of imidazole rings is 1. The lowest BCUT2D eigenvalue weighted by molar-refractivity contribution is 0.461. The summed E-state index contributed by atoms with van der Waals surface area (Å²) in [4.78, 5) is 7.79. The molecule has 1 aromatic heterocycles. The number of nitrogens with one attached hydrogen (secondary N) is 2. The fourth-order valence-electron chi connectivity index (χ4n) is 3.22. The van der Waals surface area contributed by atoms with Crippen LogP contribution in [0.3, 0.4) is 0 Å². The molecule has 5 nitrogen and oxygen atoms in total. The molecule has 4 rings (SSSR count). The minimum Gasteiger partial charge on any atom is -0.323 e. The van der Waals surface area contributed by atoms with E-state index >= 15 is 0 Å². The van der Waals surface area contributed by atoms with Gasteiger partial charge in [0.15, 0.2) is 0 Å². The summed E-state index contributed by atoms with van der Waals surface area (Å²) in [6.45, 7) is 2.20. The van der Waals surface area contributed by atoms with E-state index in [-0.39, 0.29) is 0 Å². The highest BCUT2D eigenvalue weighted by Crippen LogP contribution is 2.27. The molecule has 3 aromatic rings. The van der Waals surface area contributed by atoms with Gasteiger partial charge in [-0.05, 0) is 55.1 Å². The molecule has 1 fully saturated rings. The molecule has 2 heterocycles. The molecule has 5 heteroatoms. The van der Waals surface area contributed by atoms with E-state index in [2.05, 4.69) is 39.6 Å². The number of hydrogen-bond acceptors (Lipinski definition) is 4. The molecule has 0 radical (unpaired) electrons. The Morgan fingerprint density at radius 2 is 1.91 bits per heavy atom. The predicted octanol–water partition coefficient (Wildman–Crippen LogP) is 3.04. The monoisotopic (exact) mass is 307 g/mol. The Kier molecular flexibility index (Phi) is 3.73. The fourth-order valence-corrected chi connectivity index (χ4v) is 3.22. The fraction of sp³-hybridized carbons (Fsp3) is 0.278. The molecular weight excluding hydrogens is 286 g/mol. The SMILES string of the molecule is NN(c1ccc(C2CCCNC2)cc1)c1nc2ccccc2[nH]1. The Labute approximate surface area is 135 Å². The third-order valence-corrected chi connectivity index (χ3v) is 4.54. The van der Waals surface area contributed by atoms with Crippen molar-refractivity contribution in [2.75, 3.05) is 18.1 Å². The smallest absolute Gasteiger partial charge is 0.223 e. The number of piperidine rings is 1. The molecule has 23 heavy (non-hydrogen) atoms. The minimum absolute atomic E-state index is 0.607. The average Bonchev–Trinajstić information content (AvgIpc) is 3.06. The zero-order chi connectivity index (χ0) is 15.6. The number of hydrogen-bond donors (Lipinski definition) is 3. The Hall–Kier alpha value is -2.37. The van der Waals surface area contributed by atoms with Crippen molar-refractivity contribution in [3.8, 4) is 0 Å². The average molecular weight is 307 g/mol. The maximum absolute atomic E-state index is 6.24. The summed E-state index contributed by atoms with van der Waals surface area (Å²) in [6, 6.07) is 16.4. The van der Waals surface area contributed by atoms with Gasteiger partial charge in [-0.2, -0.15) is 0 Å². The second-order valence-corrected chi connectivity index (χ2v) is 6.08. The van der Waals surface area contributed by atoms with Crippen LogP contribution in [0.5, 0.6) is 0 Å². The summed E-state index contributed by atoms with van der Waals surface area (Å²) >= 11 is 0. The third kappa shape index (κ3) is 2.81. The van der Waals surface area contributed by atoms with Crippen LogP contribution >= 0.6 is 0 Å².